The third kappa shape index (κ3) is 3.73. The van der Waals surface area contributed by atoms with Gasteiger partial charge >= 0.3 is 5.97 Å². The Morgan fingerprint density at radius 2 is 1.86 bits per heavy atom. The molecule has 0 spiro atoms. The number of fused-ring (bicyclic) bond motifs is 1. The molecule has 28 heavy (non-hydrogen) atoms. The Morgan fingerprint density at radius 3 is 2.57 bits per heavy atom. The fourth-order valence-electron chi connectivity index (χ4n) is 3.80. The molecule has 1 aromatic heterocycles. The Balaban J connectivity index is 1.50. The normalized spacial score (nSPS) is 15.1. The second-order valence-corrected chi connectivity index (χ2v) is 7.02. The minimum Gasteiger partial charge on any atom is -0.460 e. The van der Waals surface area contributed by atoms with Crippen LogP contribution >= 0.6 is 0 Å². The average Bonchev–Trinajstić information content (AvgIpc) is 3.08. The number of ether oxygens (including phenoxy) is 1. The maximum atomic E-state index is 13.1. The highest BCUT2D eigenvalue weighted by molar-refractivity contribution is 5.96. The number of hydrogen-bond acceptors (Lipinski definition) is 4. The van der Waals surface area contributed by atoms with Gasteiger partial charge in [-0.25, -0.2) is 9.18 Å². The molecule has 5 nitrogen and oxygen atoms in total. The molecule has 0 aliphatic carbocycles. The molecule has 0 amide bonds. The average molecular weight is 383 g/mol. The third-order valence-corrected chi connectivity index (χ3v) is 5.25. The summed E-state index contributed by atoms with van der Waals surface area (Å²) in [7, 11) is 0. The second-order valence-electron chi connectivity index (χ2n) is 7.02. The van der Waals surface area contributed by atoms with Crippen LogP contribution in [0.2, 0.25) is 0 Å². The lowest BCUT2D eigenvalue weighted by Crippen LogP contribution is -3.13. The first-order valence-corrected chi connectivity index (χ1v) is 9.67. The molecule has 1 saturated heterocycles. The highest BCUT2D eigenvalue weighted by Gasteiger charge is 2.27. The number of anilines is 1. The lowest BCUT2D eigenvalue weighted by atomic mass is 10.1. The maximum Gasteiger partial charge on any atom is 0.374 e. The lowest BCUT2D eigenvalue weighted by Gasteiger charge is -2.33. The standard InChI is InChI=1S/C22H23FN2O3/c1-2-27-22(26)21-19(18-5-3-4-6-20(18)28-21)15-24-11-13-25(14-12-24)17-9-7-16(23)8-10-17/h3-10H,2,11-15H2,1H3/p+1. The van der Waals surface area contributed by atoms with E-state index >= 15 is 0 Å². The van der Waals surface area contributed by atoms with E-state index in [9.17, 15) is 9.18 Å². The van der Waals surface area contributed by atoms with Crippen molar-refractivity contribution in [1.29, 1.82) is 0 Å². The smallest absolute Gasteiger partial charge is 0.374 e. The van der Waals surface area contributed by atoms with Crippen molar-refractivity contribution in [2.75, 3.05) is 37.7 Å². The molecule has 6 heteroatoms. The molecule has 3 aromatic rings. The van der Waals surface area contributed by atoms with Crippen molar-refractivity contribution in [3.63, 3.8) is 0 Å². The monoisotopic (exact) mass is 383 g/mol. The highest BCUT2D eigenvalue weighted by atomic mass is 19.1. The number of quaternary nitrogens is 1. The zero-order valence-corrected chi connectivity index (χ0v) is 15.9. The van der Waals surface area contributed by atoms with Crippen molar-refractivity contribution in [2.24, 2.45) is 0 Å². The molecule has 2 heterocycles. The van der Waals surface area contributed by atoms with Crippen molar-refractivity contribution in [1.82, 2.24) is 0 Å². The van der Waals surface area contributed by atoms with Gasteiger partial charge in [0.15, 0.2) is 0 Å². The van der Waals surface area contributed by atoms with Crippen LogP contribution in [-0.2, 0) is 11.3 Å². The molecule has 1 aliphatic rings. The maximum absolute atomic E-state index is 13.1. The van der Waals surface area contributed by atoms with E-state index in [1.54, 1.807) is 6.92 Å². The number of furan rings is 1. The molecule has 146 valence electrons. The SMILES string of the molecule is CCOC(=O)c1oc2ccccc2c1C[NH+]1CCN(c2ccc(F)cc2)CC1. The van der Waals surface area contributed by atoms with E-state index in [0.717, 1.165) is 42.8 Å². The summed E-state index contributed by atoms with van der Waals surface area (Å²) in [6.45, 7) is 6.44. The quantitative estimate of drug-likeness (QED) is 0.688. The zero-order valence-electron chi connectivity index (χ0n) is 15.9. The molecule has 1 aliphatic heterocycles. The number of nitrogens with one attached hydrogen (secondary N) is 1. The molecular weight excluding hydrogens is 359 g/mol. The molecule has 1 N–H and O–H groups in total. The summed E-state index contributed by atoms with van der Waals surface area (Å²) < 4.78 is 24.2. The Bertz CT molecular complexity index is 960. The summed E-state index contributed by atoms with van der Waals surface area (Å²) >= 11 is 0. The van der Waals surface area contributed by atoms with Gasteiger partial charge in [-0.15, -0.1) is 0 Å². The molecule has 0 unspecified atom stereocenters. The van der Waals surface area contributed by atoms with Gasteiger partial charge in [0.1, 0.15) is 17.9 Å². The van der Waals surface area contributed by atoms with Crippen molar-refractivity contribution in [3.8, 4) is 0 Å². The van der Waals surface area contributed by atoms with Crippen molar-refractivity contribution in [3.05, 3.63) is 65.7 Å². The van der Waals surface area contributed by atoms with Gasteiger partial charge < -0.3 is 19.0 Å². The number of benzene rings is 2. The Labute approximate surface area is 163 Å². The molecule has 0 radical (unpaired) electrons. The molecule has 2 aromatic carbocycles. The van der Waals surface area contributed by atoms with Crippen LogP contribution in [0.4, 0.5) is 10.1 Å². The van der Waals surface area contributed by atoms with E-state index in [1.165, 1.54) is 17.0 Å². The molecule has 0 saturated carbocycles. The minimum absolute atomic E-state index is 0.216. The van der Waals surface area contributed by atoms with Crippen molar-refractivity contribution >= 4 is 22.6 Å². The topological polar surface area (TPSA) is 47.1 Å². The van der Waals surface area contributed by atoms with Gasteiger partial charge in [-0.3, -0.25) is 0 Å². The van der Waals surface area contributed by atoms with E-state index in [-0.39, 0.29) is 5.82 Å². The van der Waals surface area contributed by atoms with Gasteiger partial charge in [-0.05, 0) is 37.3 Å². The number of halogens is 1. The number of piperazine rings is 1. The van der Waals surface area contributed by atoms with Crippen LogP contribution in [0.5, 0.6) is 0 Å². The van der Waals surface area contributed by atoms with Crippen molar-refractivity contribution in [2.45, 2.75) is 13.5 Å². The molecule has 0 bridgehead atoms. The summed E-state index contributed by atoms with van der Waals surface area (Å²) in [5, 5.41) is 0.971. The summed E-state index contributed by atoms with van der Waals surface area (Å²) in [6.07, 6.45) is 0. The Kier molecular flexibility index (Phi) is 5.30. The predicted molar refractivity (Wildman–Crippen MR) is 105 cm³/mol. The van der Waals surface area contributed by atoms with Crippen molar-refractivity contribution < 1.29 is 23.2 Å². The summed E-state index contributed by atoms with van der Waals surface area (Å²) in [5.74, 6) is -0.305. The third-order valence-electron chi connectivity index (χ3n) is 5.25. The highest BCUT2D eigenvalue weighted by Crippen LogP contribution is 2.26. The minimum atomic E-state index is -0.405. The first-order valence-electron chi connectivity index (χ1n) is 9.67. The van der Waals surface area contributed by atoms with Gasteiger partial charge in [-0.2, -0.15) is 0 Å². The number of esters is 1. The van der Waals surface area contributed by atoms with Crippen LogP contribution < -0.4 is 9.80 Å². The number of rotatable bonds is 5. The fourth-order valence-corrected chi connectivity index (χ4v) is 3.80. The molecule has 1 fully saturated rings. The Hall–Kier alpha value is -2.86. The first kappa shape index (κ1) is 18.5. The fraction of sp³-hybridized carbons (Fsp3) is 0.318. The second kappa shape index (κ2) is 8.02. The number of carbonyl (C=O) groups excluding carboxylic acids is 1. The lowest BCUT2D eigenvalue weighted by molar-refractivity contribution is -0.914. The number of hydrogen-bond donors (Lipinski definition) is 1. The van der Waals surface area contributed by atoms with E-state index in [0.29, 0.717) is 24.5 Å². The van der Waals surface area contributed by atoms with Gasteiger partial charge in [0.05, 0.1) is 38.3 Å². The summed E-state index contributed by atoms with van der Waals surface area (Å²) in [6, 6.07) is 14.4. The van der Waals surface area contributed by atoms with Crippen LogP contribution in [0.25, 0.3) is 11.0 Å². The van der Waals surface area contributed by atoms with E-state index < -0.39 is 5.97 Å². The van der Waals surface area contributed by atoms with Gasteiger partial charge in [0.25, 0.3) is 0 Å². The van der Waals surface area contributed by atoms with E-state index in [1.807, 2.05) is 36.4 Å². The van der Waals surface area contributed by atoms with Gasteiger partial charge in [0, 0.05) is 11.1 Å². The van der Waals surface area contributed by atoms with Crippen LogP contribution in [0.15, 0.2) is 52.9 Å². The number of nitrogens with zero attached hydrogens (tertiary/aromatic N) is 1. The first-order chi connectivity index (χ1) is 13.7. The zero-order chi connectivity index (χ0) is 19.5. The largest absolute Gasteiger partial charge is 0.460 e. The number of carbonyl (C=O) groups is 1. The number of para-hydroxylation sites is 1. The van der Waals surface area contributed by atoms with Gasteiger partial charge in [0.2, 0.25) is 5.76 Å². The van der Waals surface area contributed by atoms with Crippen LogP contribution in [0.1, 0.15) is 23.0 Å². The molecular formula is C22H24FN2O3+. The van der Waals surface area contributed by atoms with E-state index in [2.05, 4.69) is 4.90 Å². The van der Waals surface area contributed by atoms with Crippen LogP contribution in [0.3, 0.4) is 0 Å². The predicted octanol–water partition coefficient (Wildman–Crippen LogP) is 2.65. The van der Waals surface area contributed by atoms with Gasteiger partial charge in [-0.1, -0.05) is 18.2 Å². The molecule has 0 atom stereocenters. The summed E-state index contributed by atoms with van der Waals surface area (Å²) in [5.41, 5.74) is 2.67. The van der Waals surface area contributed by atoms with E-state index in [4.69, 9.17) is 9.15 Å². The van der Waals surface area contributed by atoms with Crippen LogP contribution in [-0.4, -0.2) is 38.8 Å². The van der Waals surface area contributed by atoms with Crippen LogP contribution in [0, 0.1) is 5.82 Å². The molecule has 4 rings (SSSR count). The Morgan fingerprint density at radius 1 is 1.14 bits per heavy atom. The summed E-state index contributed by atoms with van der Waals surface area (Å²) in [4.78, 5) is 16.0.